The Bertz CT molecular complexity index is 498. The van der Waals surface area contributed by atoms with Crippen molar-refractivity contribution in [2.24, 2.45) is 0 Å². The van der Waals surface area contributed by atoms with Crippen LogP contribution < -0.4 is 0 Å². The minimum Gasteiger partial charge on any atom is -0.505 e. The highest BCUT2D eigenvalue weighted by Gasteiger charge is 2.24. The lowest BCUT2D eigenvalue weighted by molar-refractivity contribution is -0.137. The van der Waals surface area contributed by atoms with Crippen molar-refractivity contribution in [3.8, 4) is 5.75 Å². The minimum atomic E-state index is -0.818. The third kappa shape index (κ3) is 3.45. The summed E-state index contributed by atoms with van der Waals surface area (Å²) in [6.45, 7) is 2.77. The number of hydrogen-bond donors (Lipinski definition) is 2. The Morgan fingerprint density at radius 1 is 1.25 bits per heavy atom. The molecule has 0 aromatic carbocycles. The van der Waals surface area contributed by atoms with Gasteiger partial charge >= 0.3 is 5.97 Å². The quantitative estimate of drug-likeness (QED) is 0.807. The molecule has 1 aromatic heterocycles. The van der Waals surface area contributed by atoms with Crippen LogP contribution in [-0.4, -0.2) is 69.6 Å². The molecule has 1 fully saturated rings. The van der Waals surface area contributed by atoms with E-state index in [1.54, 1.807) is 11.0 Å². The SMILES string of the molecule is O=C(O)CCN1CCN(C(=O)c2ncccc2O)CC1. The summed E-state index contributed by atoms with van der Waals surface area (Å²) >= 11 is 0. The van der Waals surface area contributed by atoms with Crippen molar-refractivity contribution in [1.29, 1.82) is 0 Å². The fourth-order valence-corrected chi connectivity index (χ4v) is 2.14. The van der Waals surface area contributed by atoms with Crippen LogP contribution in [0.4, 0.5) is 0 Å². The molecule has 0 unspecified atom stereocenters. The van der Waals surface area contributed by atoms with Crippen molar-refractivity contribution >= 4 is 11.9 Å². The molecule has 7 nitrogen and oxygen atoms in total. The van der Waals surface area contributed by atoms with Gasteiger partial charge in [-0.25, -0.2) is 4.98 Å². The monoisotopic (exact) mass is 279 g/mol. The van der Waals surface area contributed by atoms with E-state index in [1.807, 2.05) is 4.90 Å². The second kappa shape index (κ2) is 6.33. The third-order valence-electron chi connectivity index (χ3n) is 3.29. The van der Waals surface area contributed by atoms with Gasteiger partial charge in [0, 0.05) is 38.9 Å². The molecular formula is C13H17N3O4. The van der Waals surface area contributed by atoms with Gasteiger partial charge in [-0.05, 0) is 12.1 Å². The molecule has 7 heteroatoms. The molecule has 1 amide bonds. The van der Waals surface area contributed by atoms with Crippen LogP contribution in [-0.2, 0) is 4.79 Å². The van der Waals surface area contributed by atoms with E-state index in [0.717, 1.165) is 0 Å². The molecule has 0 aliphatic carbocycles. The van der Waals surface area contributed by atoms with E-state index in [4.69, 9.17) is 5.11 Å². The number of piperazine rings is 1. The lowest BCUT2D eigenvalue weighted by Crippen LogP contribution is -2.49. The molecular weight excluding hydrogens is 262 g/mol. The van der Waals surface area contributed by atoms with E-state index in [9.17, 15) is 14.7 Å². The Morgan fingerprint density at radius 2 is 1.95 bits per heavy atom. The summed E-state index contributed by atoms with van der Waals surface area (Å²) in [5.74, 6) is -1.23. The van der Waals surface area contributed by atoms with E-state index in [-0.39, 0.29) is 23.8 Å². The number of pyridine rings is 1. The first-order valence-corrected chi connectivity index (χ1v) is 6.45. The summed E-state index contributed by atoms with van der Waals surface area (Å²) in [6.07, 6.45) is 1.57. The smallest absolute Gasteiger partial charge is 0.304 e. The van der Waals surface area contributed by atoms with Gasteiger partial charge in [0.05, 0.1) is 6.42 Å². The zero-order valence-electron chi connectivity index (χ0n) is 11.0. The number of carbonyl (C=O) groups is 2. The summed E-state index contributed by atoms with van der Waals surface area (Å²) in [5, 5.41) is 18.3. The molecule has 20 heavy (non-hydrogen) atoms. The van der Waals surface area contributed by atoms with E-state index in [1.165, 1.54) is 12.3 Å². The maximum atomic E-state index is 12.2. The molecule has 2 rings (SSSR count). The molecule has 1 saturated heterocycles. The van der Waals surface area contributed by atoms with Gasteiger partial charge in [-0.15, -0.1) is 0 Å². The van der Waals surface area contributed by atoms with Gasteiger partial charge in [-0.1, -0.05) is 0 Å². The highest BCUT2D eigenvalue weighted by Crippen LogP contribution is 2.16. The molecule has 108 valence electrons. The van der Waals surface area contributed by atoms with Crippen molar-refractivity contribution in [2.75, 3.05) is 32.7 Å². The molecule has 2 N–H and O–H groups in total. The third-order valence-corrected chi connectivity index (χ3v) is 3.29. The number of aliphatic carboxylic acids is 1. The van der Waals surface area contributed by atoms with Crippen LogP contribution >= 0.6 is 0 Å². The average Bonchev–Trinajstić information content (AvgIpc) is 2.45. The lowest BCUT2D eigenvalue weighted by atomic mass is 10.2. The van der Waals surface area contributed by atoms with Gasteiger partial charge in [0.25, 0.3) is 5.91 Å². The number of rotatable bonds is 4. The van der Waals surface area contributed by atoms with Crippen molar-refractivity contribution in [3.05, 3.63) is 24.0 Å². The van der Waals surface area contributed by atoms with Crippen LogP contribution in [0.5, 0.6) is 5.75 Å². The minimum absolute atomic E-state index is 0.0616. The van der Waals surface area contributed by atoms with Gasteiger partial charge in [-0.3, -0.25) is 14.5 Å². The van der Waals surface area contributed by atoms with Crippen molar-refractivity contribution < 1.29 is 19.8 Å². The summed E-state index contributed by atoms with van der Waals surface area (Å²) in [4.78, 5) is 30.2. The number of aromatic nitrogens is 1. The number of carboxylic acid groups (broad SMARTS) is 1. The normalized spacial score (nSPS) is 16.1. The molecule has 0 radical (unpaired) electrons. The highest BCUT2D eigenvalue weighted by molar-refractivity contribution is 5.94. The largest absolute Gasteiger partial charge is 0.505 e. The molecule has 1 aliphatic rings. The van der Waals surface area contributed by atoms with Crippen LogP contribution in [0.3, 0.4) is 0 Å². The Kier molecular flexibility index (Phi) is 4.52. The Balaban J connectivity index is 1.89. The van der Waals surface area contributed by atoms with E-state index < -0.39 is 5.97 Å². The van der Waals surface area contributed by atoms with Gasteiger partial charge in [-0.2, -0.15) is 0 Å². The first-order chi connectivity index (χ1) is 9.58. The Morgan fingerprint density at radius 3 is 2.55 bits per heavy atom. The number of hydrogen-bond acceptors (Lipinski definition) is 5. The predicted molar refractivity (Wildman–Crippen MR) is 70.5 cm³/mol. The zero-order valence-corrected chi connectivity index (χ0v) is 11.0. The van der Waals surface area contributed by atoms with Crippen LogP contribution in [0.1, 0.15) is 16.9 Å². The van der Waals surface area contributed by atoms with Crippen molar-refractivity contribution in [1.82, 2.24) is 14.8 Å². The van der Waals surface area contributed by atoms with Gasteiger partial charge in [0.15, 0.2) is 5.69 Å². The number of carboxylic acids is 1. The fourth-order valence-electron chi connectivity index (χ4n) is 2.14. The first-order valence-electron chi connectivity index (χ1n) is 6.45. The molecule has 0 spiro atoms. The second-order valence-corrected chi connectivity index (χ2v) is 4.65. The highest BCUT2D eigenvalue weighted by atomic mass is 16.4. The average molecular weight is 279 g/mol. The number of nitrogens with zero attached hydrogens (tertiary/aromatic N) is 3. The molecule has 0 atom stereocenters. The molecule has 0 bridgehead atoms. The number of aromatic hydroxyl groups is 1. The van der Waals surface area contributed by atoms with Gasteiger partial charge in [0.2, 0.25) is 0 Å². The van der Waals surface area contributed by atoms with Crippen molar-refractivity contribution in [3.63, 3.8) is 0 Å². The standard InChI is InChI=1S/C13H17N3O4/c17-10-2-1-4-14-12(10)13(20)16-8-6-15(7-9-16)5-3-11(18)19/h1-2,4,17H,3,5-9H2,(H,18,19). The fraction of sp³-hybridized carbons (Fsp3) is 0.462. The Labute approximate surface area is 116 Å². The summed E-state index contributed by atoms with van der Waals surface area (Å²) < 4.78 is 0. The lowest BCUT2D eigenvalue weighted by Gasteiger charge is -2.34. The van der Waals surface area contributed by atoms with Crippen LogP contribution in [0.15, 0.2) is 18.3 Å². The number of carbonyl (C=O) groups excluding carboxylic acids is 1. The second-order valence-electron chi connectivity index (χ2n) is 4.65. The van der Waals surface area contributed by atoms with Crippen LogP contribution in [0, 0.1) is 0 Å². The topological polar surface area (TPSA) is 94.0 Å². The summed E-state index contributed by atoms with van der Waals surface area (Å²) in [5.41, 5.74) is 0.0616. The maximum Gasteiger partial charge on any atom is 0.304 e. The molecule has 1 aromatic rings. The van der Waals surface area contributed by atoms with Crippen LogP contribution in [0.25, 0.3) is 0 Å². The zero-order chi connectivity index (χ0) is 14.5. The molecule has 2 heterocycles. The summed E-state index contributed by atoms with van der Waals surface area (Å²) in [7, 11) is 0. The Hall–Kier alpha value is -2.15. The van der Waals surface area contributed by atoms with E-state index in [0.29, 0.717) is 32.7 Å². The molecule has 0 saturated carbocycles. The van der Waals surface area contributed by atoms with Gasteiger partial charge in [0.1, 0.15) is 5.75 Å². The van der Waals surface area contributed by atoms with Gasteiger partial charge < -0.3 is 15.1 Å². The van der Waals surface area contributed by atoms with Crippen molar-refractivity contribution in [2.45, 2.75) is 6.42 Å². The van der Waals surface area contributed by atoms with Crippen LogP contribution in [0.2, 0.25) is 0 Å². The molecule has 1 aliphatic heterocycles. The van der Waals surface area contributed by atoms with E-state index in [2.05, 4.69) is 4.98 Å². The summed E-state index contributed by atoms with van der Waals surface area (Å²) in [6, 6.07) is 3.00. The van der Waals surface area contributed by atoms with E-state index >= 15 is 0 Å². The predicted octanol–water partition coefficient (Wildman–Crippen LogP) is 0.0197. The maximum absolute atomic E-state index is 12.2. The number of amides is 1. The first kappa shape index (κ1) is 14.3.